The summed E-state index contributed by atoms with van der Waals surface area (Å²) >= 11 is 0. The fourth-order valence-corrected chi connectivity index (χ4v) is 8.04. The van der Waals surface area contributed by atoms with E-state index < -0.39 is 42.0 Å². The molecule has 7 rings (SSSR count). The Morgan fingerprint density at radius 1 is 0.898 bits per heavy atom. The van der Waals surface area contributed by atoms with Crippen molar-refractivity contribution >= 4 is 23.0 Å². The zero-order valence-corrected chi connectivity index (χ0v) is 34.2. The number of alkyl halides is 3. The molecular weight excluding hydrogens is 763 g/mol. The Bertz CT molecular complexity index is 2530. The smallest absolute Gasteiger partial charge is 0.421 e. The molecule has 0 amide bonds. The Hall–Kier alpha value is -5.79. The number of aryl methyl sites for hydroxylation is 3. The zero-order chi connectivity index (χ0) is 42.4. The van der Waals surface area contributed by atoms with Crippen molar-refractivity contribution in [2.75, 3.05) is 20.9 Å². The number of aromatic nitrogens is 3. The number of rotatable bonds is 11. The number of carbonyl (C=O) groups is 2. The average molecular weight is 810 g/mol. The van der Waals surface area contributed by atoms with Gasteiger partial charge in [-0.3, -0.25) is 4.90 Å². The molecule has 0 fully saturated rings. The molecule has 3 heterocycles. The number of hydrogen-bond donors (Lipinski definition) is 0. The van der Waals surface area contributed by atoms with E-state index in [0.29, 0.717) is 41.7 Å². The van der Waals surface area contributed by atoms with E-state index in [4.69, 9.17) is 14.6 Å². The maximum absolute atomic E-state index is 15.9. The molecule has 1 aliphatic heterocycles. The van der Waals surface area contributed by atoms with E-state index in [1.165, 1.54) is 24.4 Å². The molecule has 0 unspecified atom stereocenters. The highest BCUT2D eigenvalue weighted by atomic mass is 19.4. The second kappa shape index (κ2) is 16.1. The molecular formula is C46H47F4N5O4. The number of hydrogen-bond acceptors (Lipinski definition) is 7. The maximum Gasteiger partial charge on any atom is 0.421 e. The second-order valence-electron chi connectivity index (χ2n) is 15.7. The molecule has 9 nitrogen and oxygen atoms in total. The number of ether oxygens (including phenoxy) is 2. The van der Waals surface area contributed by atoms with E-state index >= 15 is 4.39 Å². The van der Waals surface area contributed by atoms with Crippen molar-refractivity contribution in [3.05, 3.63) is 141 Å². The molecule has 0 N–H and O–H groups in total. The van der Waals surface area contributed by atoms with Gasteiger partial charge in [0.2, 0.25) is 6.79 Å². The third-order valence-corrected chi connectivity index (χ3v) is 11.2. The van der Waals surface area contributed by atoms with E-state index in [0.717, 1.165) is 68.4 Å². The Balaban J connectivity index is 1.25. The Kier molecular flexibility index (Phi) is 11.3. The fraction of sp³-hybridized carbons (Fsp3) is 0.326. The second-order valence-corrected chi connectivity index (χ2v) is 15.7. The molecule has 6 aromatic rings. The average Bonchev–Trinajstić information content (AvgIpc) is 3.87. The van der Waals surface area contributed by atoms with Crippen molar-refractivity contribution in [1.29, 1.82) is 0 Å². The van der Waals surface area contributed by atoms with Crippen LogP contribution in [0.1, 0.15) is 82.7 Å². The highest BCUT2D eigenvalue weighted by molar-refractivity contribution is 6.00. The van der Waals surface area contributed by atoms with Gasteiger partial charge in [0.15, 0.2) is 0 Å². The zero-order valence-electron chi connectivity index (χ0n) is 34.2. The molecule has 13 heteroatoms. The lowest BCUT2D eigenvalue weighted by Crippen LogP contribution is -2.36. The summed E-state index contributed by atoms with van der Waals surface area (Å²) in [4.78, 5) is 30.4. The Morgan fingerprint density at radius 3 is 2.22 bits per heavy atom. The van der Waals surface area contributed by atoms with Crippen LogP contribution in [0.4, 0.5) is 22.4 Å². The minimum Gasteiger partial charge on any atom is -0.424 e. The van der Waals surface area contributed by atoms with Crippen LogP contribution in [0.3, 0.4) is 0 Å². The monoisotopic (exact) mass is 809 g/mol. The minimum atomic E-state index is -4.45. The van der Waals surface area contributed by atoms with Crippen LogP contribution < -0.4 is 0 Å². The van der Waals surface area contributed by atoms with Crippen LogP contribution in [0, 0.1) is 12.7 Å². The number of carbonyl (C=O) groups excluding carboxylic acids is 2. The lowest BCUT2D eigenvalue weighted by molar-refractivity contribution is -0.137. The highest BCUT2D eigenvalue weighted by Crippen LogP contribution is 2.47. The molecule has 1 aliphatic rings. The number of halogens is 4. The third kappa shape index (κ3) is 7.88. The summed E-state index contributed by atoms with van der Waals surface area (Å²) in [5, 5.41) is 5.75. The van der Waals surface area contributed by atoms with Crippen molar-refractivity contribution in [3.8, 4) is 16.9 Å². The lowest BCUT2D eigenvalue weighted by atomic mass is 9.96. The molecule has 0 atom stereocenters. The van der Waals surface area contributed by atoms with Crippen LogP contribution in [0.2, 0.25) is 0 Å². The van der Waals surface area contributed by atoms with Gasteiger partial charge in [0, 0.05) is 42.3 Å². The highest BCUT2D eigenvalue weighted by Gasteiger charge is 2.44. The quantitative estimate of drug-likeness (QED) is 0.0732. The molecule has 4 aromatic carbocycles. The molecule has 0 bridgehead atoms. The van der Waals surface area contributed by atoms with Crippen molar-refractivity contribution in [2.45, 2.75) is 78.8 Å². The maximum atomic E-state index is 15.9. The number of benzene rings is 4. The summed E-state index contributed by atoms with van der Waals surface area (Å²) in [6, 6.07) is 21.5. The first-order chi connectivity index (χ1) is 28.0. The molecule has 59 heavy (non-hydrogen) atoms. The van der Waals surface area contributed by atoms with Crippen molar-refractivity contribution in [2.24, 2.45) is 0 Å². The number of esters is 1. The molecule has 0 aliphatic carbocycles. The third-order valence-electron chi connectivity index (χ3n) is 11.2. The first-order valence-corrected chi connectivity index (χ1v) is 19.6. The number of para-hydroxylation sites is 1. The first kappa shape index (κ1) is 41.4. The molecule has 308 valence electrons. The molecule has 0 saturated carbocycles. The molecule has 2 aromatic heterocycles. The van der Waals surface area contributed by atoms with Crippen LogP contribution in [0.25, 0.3) is 27.8 Å². The van der Waals surface area contributed by atoms with Crippen LogP contribution >= 0.6 is 0 Å². The van der Waals surface area contributed by atoms with E-state index in [1.54, 1.807) is 31.2 Å². The van der Waals surface area contributed by atoms with Crippen LogP contribution in [-0.2, 0) is 53.7 Å². The molecule has 0 spiro atoms. The van der Waals surface area contributed by atoms with E-state index in [1.807, 2.05) is 55.7 Å². The van der Waals surface area contributed by atoms with Gasteiger partial charge < -0.3 is 14.4 Å². The first-order valence-electron chi connectivity index (χ1n) is 19.6. The van der Waals surface area contributed by atoms with Gasteiger partial charge in [-0.2, -0.15) is 18.3 Å². The van der Waals surface area contributed by atoms with E-state index in [-0.39, 0.29) is 5.52 Å². The predicted octanol–water partition coefficient (Wildman–Crippen LogP) is 10.2. The van der Waals surface area contributed by atoms with E-state index in [9.17, 15) is 22.8 Å². The van der Waals surface area contributed by atoms with Crippen molar-refractivity contribution in [1.82, 2.24) is 24.1 Å². The van der Waals surface area contributed by atoms with Gasteiger partial charge in [-0.05, 0) is 118 Å². The summed E-state index contributed by atoms with van der Waals surface area (Å²) < 4.78 is 70.1. The van der Waals surface area contributed by atoms with Gasteiger partial charge >= 0.3 is 18.2 Å². The van der Waals surface area contributed by atoms with Crippen molar-refractivity contribution < 1.29 is 36.6 Å². The van der Waals surface area contributed by atoms with Crippen LogP contribution in [0.15, 0.2) is 85.1 Å². The number of fused-ring (bicyclic) bond motifs is 2. The Morgan fingerprint density at radius 2 is 1.59 bits per heavy atom. The number of nitrogens with zero attached hydrogens (tertiary/aromatic N) is 5. The Labute approximate surface area is 340 Å². The van der Waals surface area contributed by atoms with Crippen LogP contribution in [0.5, 0.6) is 0 Å². The largest absolute Gasteiger partial charge is 0.424 e. The van der Waals surface area contributed by atoms with Gasteiger partial charge in [0.05, 0.1) is 39.3 Å². The van der Waals surface area contributed by atoms with Crippen LogP contribution in [-0.4, -0.2) is 57.1 Å². The van der Waals surface area contributed by atoms with Gasteiger partial charge in [-0.1, -0.05) is 50.2 Å². The topological polar surface area (TPSA) is 81.8 Å². The summed E-state index contributed by atoms with van der Waals surface area (Å²) in [7, 11) is 3.89. The fourth-order valence-electron chi connectivity index (χ4n) is 8.04. The van der Waals surface area contributed by atoms with Gasteiger partial charge in [-0.25, -0.2) is 23.2 Å². The van der Waals surface area contributed by atoms with Crippen molar-refractivity contribution in [3.63, 3.8) is 0 Å². The minimum absolute atomic E-state index is 0.0224. The molecule has 0 saturated heterocycles. The summed E-state index contributed by atoms with van der Waals surface area (Å²) in [5.74, 6) is -1.34. The van der Waals surface area contributed by atoms with Gasteiger partial charge in [-0.15, -0.1) is 0 Å². The SMILES string of the molecule is CCc1cccc(CC)c1-n1nc2c(c1-c1ccc(F)c3c1ccn3C(=O)OCOC(=O)c1ccc(CN(C)C)cc1)CN(Cc1ccc(C(F)(F)F)cc1C)C2(C)C. The predicted molar refractivity (Wildman–Crippen MR) is 218 cm³/mol. The summed E-state index contributed by atoms with van der Waals surface area (Å²) in [5.41, 5.74) is 7.32. The van der Waals surface area contributed by atoms with Gasteiger partial charge in [0.25, 0.3) is 0 Å². The van der Waals surface area contributed by atoms with Gasteiger partial charge in [0.1, 0.15) is 5.82 Å². The molecule has 0 radical (unpaired) electrons. The summed E-state index contributed by atoms with van der Waals surface area (Å²) in [6.07, 6.45) is -2.51. The lowest BCUT2D eigenvalue weighted by Gasteiger charge is -2.32. The normalized spacial score (nSPS) is 14.0. The standard InChI is InChI=1S/C46H47F4N5O4/c1-8-30-11-10-12-31(9-2)39(30)55-40(37-26-53(45(4,5)42(37)51-55)25-33-17-18-34(23-28(33)3)46(48,49)50)35-19-20-38(47)41-36(35)21-22-54(41)44(57)59-27-58-43(56)32-15-13-29(14-16-32)24-52(6)7/h10-23H,8-9,24-27H2,1-7H3. The summed E-state index contributed by atoms with van der Waals surface area (Å²) in [6.45, 7) is 10.7. The van der Waals surface area contributed by atoms with E-state index in [2.05, 4.69) is 30.9 Å².